The highest BCUT2D eigenvalue weighted by atomic mass is 31.2. The predicted molar refractivity (Wildman–Crippen MR) is 115 cm³/mol. The molecule has 2 rings (SSSR count). The quantitative estimate of drug-likeness (QED) is 0.292. The third-order valence-electron chi connectivity index (χ3n) is 4.71. The van der Waals surface area contributed by atoms with Crippen LogP contribution in [-0.2, 0) is 13.8 Å². The fourth-order valence-corrected chi connectivity index (χ4v) is 3.55. The number of phosphoric ester groups is 1. The second kappa shape index (κ2) is 13.0. The van der Waals surface area contributed by atoms with E-state index < -0.39 is 7.82 Å². The molecule has 7 heteroatoms. The summed E-state index contributed by atoms with van der Waals surface area (Å²) < 4.78 is 27.0. The van der Waals surface area contributed by atoms with Crippen molar-refractivity contribution in [3.05, 3.63) is 42.5 Å². The average Bonchev–Trinajstić information content (AvgIpc) is 2.69. The lowest BCUT2D eigenvalue weighted by atomic mass is 10.1. The highest BCUT2D eigenvalue weighted by molar-refractivity contribution is 7.46. The molecule has 0 saturated heterocycles. The molecule has 2 aromatic carbocycles. The van der Waals surface area contributed by atoms with Crippen LogP contribution in [-0.4, -0.2) is 35.7 Å². The number of benzene rings is 2. The van der Waals surface area contributed by atoms with Gasteiger partial charge < -0.3 is 19.3 Å². The van der Waals surface area contributed by atoms with Gasteiger partial charge in [0.25, 0.3) is 0 Å². The van der Waals surface area contributed by atoms with Crippen molar-refractivity contribution in [2.45, 2.75) is 58.0 Å². The summed E-state index contributed by atoms with van der Waals surface area (Å²) in [5.74, 6) is 0.828. The Hall–Kier alpha value is -1.43. The average molecular weight is 424 g/mol. The molecule has 0 bridgehead atoms. The third-order valence-corrected chi connectivity index (χ3v) is 5.23. The van der Waals surface area contributed by atoms with Crippen LogP contribution in [0.15, 0.2) is 42.5 Å². The van der Waals surface area contributed by atoms with E-state index in [1.807, 2.05) is 30.3 Å². The maximum Gasteiger partial charge on any atom is 0.469 e. The largest absolute Gasteiger partial charge is 0.487 e. The summed E-state index contributed by atoms with van der Waals surface area (Å²) >= 11 is 0. The molecule has 0 radical (unpaired) electrons. The first-order chi connectivity index (χ1) is 14.0. The molecular weight excluding hydrogens is 391 g/mol. The highest BCUT2D eigenvalue weighted by Crippen LogP contribution is 2.35. The van der Waals surface area contributed by atoms with E-state index in [1.165, 1.54) is 25.7 Å². The first-order valence-electron chi connectivity index (χ1n) is 10.4. The molecule has 0 saturated carbocycles. The van der Waals surface area contributed by atoms with E-state index in [4.69, 9.17) is 19.3 Å². The summed E-state index contributed by atoms with van der Waals surface area (Å²) in [5.41, 5.74) is 0. The normalized spacial score (nSPS) is 12.9. The van der Waals surface area contributed by atoms with Gasteiger partial charge in [-0.3, -0.25) is 4.52 Å². The lowest BCUT2D eigenvalue weighted by molar-refractivity contribution is 0.0277. The van der Waals surface area contributed by atoms with Crippen LogP contribution in [0, 0.1) is 0 Å². The molecule has 2 N–H and O–H groups in total. The van der Waals surface area contributed by atoms with Crippen molar-refractivity contribution >= 4 is 18.6 Å². The molecule has 29 heavy (non-hydrogen) atoms. The fourth-order valence-electron chi connectivity index (χ4n) is 3.24. The van der Waals surface area contributed by atoms with Crippen molar-refractivity contribution in [3.8, 4) is 5.75 Å². The molecule has 6 nitrogen and oxygen atoms in total. The lowest BCUT2D eigenvalue weighted by Gasteiger charge is -2.20. The van der Waals surface area contributed by atoms with Gasteiger partial charge in [0, 0.05) is 5.39 Å². The summed E-state index contributed by atoms with van der Waals surface area (Å²) in [6.45, 7) is 2.52. The van der Waals surface area contributed by atoms with E-state index in [0.717, 1.165) is 35.8 Å². The molecule has 0 spiro atoms. The van der Waals surface area contributed by atoms with E-state index in [-0.39, 0.29) is 19.3 Å². The standard InChI is InChI=1S/C22H33O6P/c1-2-3-4-5-6-7-13-20(18-26-16-17-27-29(23,24)25)28-22-15-10-12-19-11-8-9-14-21(19)22/h8-12,14-15,20H,2-7,13,16-18H2,1H3,(H2,23,24,25). The Morgan fingerprint density at radius 1 is 0.931 bits per heavy atom. The Labute approximate surface area is 173 Å². The number of hydrogen-bond donors (Lipinski definition) is 2. The van der Waals surface area contributed by atoms with Crippen LogP contribution in [0.2, 0.25) is 0 Å². The van der Waals surface area contributed by atoms with Gasteiger partial charge in [-0.15, -0.1) is 0 Å². The van der Waals surface area contributed by atoms with Gasteiger partial charge in [0.2, 0.25) is 0 Å². The minimum Gasteiger partial charge on any atom is -0.487 e. The Morgan fingerprint density at radius 2 is 1.66 bits per heavy atom. The topological polar surface area (TPSA) is 85.2 Å². The summed E-state index contributed by atoms with van der Waals surface area (Å²) in [4.78, 5) is 17.5. The molecule has 1 unspecified atom stereocenters. The van der Waals surface area contributed by atoms with Crippen molar-refractivity contribution in [2.24, 2.45) is 0 Å². The monoisotopic (exact) mass is 424 g/mol. The first kappa shape index (κ1) is 23.8. The van der Waals surface area contributed by atoms with E-state index >= 15 is 0 Å². The molecule has 0 amide bonds. The number of unbranched alkanes of at least 4 members (excludes halogenated alkanes) is 5. The van der Waals surface area contributed by atoms with Gasteiger partial charge in [-0.25, -0.2) is 4.57 Å². The molecule has 1 atom stereocenters. The second-order valence-electron chi connectivity index (χ2n) is 7.17. The molecule has 0 aliphatic carbocycles. The first-order valence-corrected chi connectivity index (χ1v) is 11.9. The predicted octanol–water partition coefficient (Wildman–Crippen LogP) is 5.46. The maximum atomic E-state index is 10.7. The van der Waals surface area contributed by atoms with E-state index in [2.05, 4.69) is 23.6 Å². The Balaban J connectivity index is 1.89. The minimum atomic E-state index is -4.45. The minimum absolute atomic E-state index is 0.108. The van der Waals surface area contributed by atoms with E-state index in [1.54, 1.807) is 0 Å². The number of ether oxygens (including phenoxy) is 2. The van der Waals surface area contributed by atoms with Crippen LogP contribution in [0.5, 0.6) is 5.75 Å². The number of hydrogen-bond acceptors (Lipinski definition) is 4. The van der Waals surface area contributed by atoms with Crippen molar-refractivity contribution in [3.63, 3.8) is 0 Å². The summed E-state index contributed by atoms with van der Waals surface area (Å²) in [5, 5.41) is 2.19. The van der Waals surface area contributed by atoms with Crippen molar-refractivity contribution < 1.29 is 28.3 Å². The molecule has 0 aromatic heterocycles. The molecule has 0 aliphatic rings. The van der Waals surface area contributed by atoms with Gasteiger partial charge >= 0.3 is 7.82 Å². The van der Waals surface area contributed by atoms with Crippen LogP contribution < -0.4 is 4.74 Å². The van der Waals surface area contributed by atoms with E-state index in [0.29, 0.717) is 6.61 Å². The fraction of sp³-hybridized carbons (Fsp3) is 0.545. The van der Waals surface area contributed by atoms with Crippen LogP contribution in [0.3, 0.4) is 0 Å². The summed E-state index contributed by atoms with van der Waals surface area (Å²) in [6.07, 6.45) is 7.97. The highest BCUT2D eigenvalue weighted by Gasteiger charge is 2.15. The van der Waals surface area contributed by atoms with Crippen LogP contribution in [0.1, 0.15) is 51.9 Å². The molecule has 0 aliphatic heterocycles. The third kappa shape index (κ3) is 9.75. The zero-order valence-electron chi connectivity index (χ0n) is 17.2. The lowest BCUT2D eigenvalue weighted by Crippen LogP contribution is -2.24. The zero-order chi connectivity index (χ0) is 21.0. The Kier molecular flexibility index (Phi) is 10.7. The molecular formula is C22H33O6P. The molecule has 162 valence electrons. The Bertz CT molecular complexity index is 755. The van der Waals surface area contributed by atoms with Gasteiger partial charge in [-0.2, -0.15) is 0 Å². The number of fused-ring (bicyclic) bond motifs is 1. The van der Waals surface area contributed by atoms with Gasteiger partial charge in [0.05, 0.1) is 19.8 Å². The maximum absolute atomic E-state index is 10.7. The molecule has 0 heterocycles. The summed E-state index contributed by atoms with van der Waals surface area (Å²) in [6, 6.07) is 14.1. The van der Waals surface area contributed by atoms with Crippen LogP contribution in [0.4, 0.5) is 0 Å². The second-order valence-corrected chi connectivity index (χ2v) is 8.41. The zero-order valence-corrected chi connectivity index (χ0v) is 18.1. The van der Waals surface area contributed by atoms with E-state index in [9.17, 15) is 4.57 Å². The van der Waals surface area contributed by atoms with Gasteiger partial charge in [0.1, 0.15) is 11.9 Å². The number of phosphoric acid groups is 1. The van der Waals surface area contributed by atoms with Crippen LogP contribution >= 0.6 is 7.82 Å². The SMILES string of the molecule is CCCCCCCCC(COCCOP(=O)(O)O)Oc1cccc2ccccc12. The Morgan fingerprint density at radius 3 is 2.45 bits per heavy atom. The smallest absolute Gasteiger partial charge is 0.469 e. The number of rotatable bonds is 15. The van der Waals surface area contributed by atoms with Crippen molar-refractivity contribution in [1.29, 1.82) is 0 Å². The van der Waals surface area contributed by atoms with Crippen LogP contribution in [0.25, 0.3) is 10.8 Å². The van der Waals surface area contributed by atoms with Gasteiger partial charge in [-0.05, 0) is 24.3 Å². The van der Waals surface area contributed by atoms with Gasteiger partial charge in [-0.1, -0.05) is 75.4 Å². The van der Waals surface area contributed by atoms with Crippen molar-refractivity contribution in [1.82, 2.24) is 0 Å². The summed E-state index contributed by atoms with van der Waals surface area (Å²) in [7, 11) is -4.45. The molecule has 0 fully saturated rings. The molecule has 2 aromatic rings. The van der Waals surface area contributed by atoms with Gasteiger partial charge in [0.15, 0.2) is 0 Å². The van der Waals surface area contributed by atoms with Crippen molar-refractivity contribution in [2.75, 3.05) is 19.8 Å².